The van der Waals surface area contributed by atoms with Gasteiger partial charge in [-0.05, 0) is 43.0 Å². The van der Waals surface area contributed by atoms with Crippen molar-refractivity contribution in [2.24, 2.45) is 5.92 Å². The molecule has 2 aliphatic rings. The van der Waals surface area contributed by atoms with E-state index in [4.69, 9.17) is 4.74 Å². The van der Waals surface area contributed by atoms with Gasteiger partial charge in [-0.25, -0.2) is 4.79 Å². The van der Waals surface area contributed by atoms with Crippen LogP contribution in [-0.2, 0) is 0 Å². The predicted molar refractivity (Wildman–Crippen MR) is 106 cm³/mol. The van der Waals surface area contributed by atoms with Gasteiger partial charge in [-0.15, -0.1) is 10.8 Å². The lowest BCUT2D eigenvalue weighted by atomic mass is 9.87. The van der Waals surface area contributed by atoms with Crippen LogP contribution in [0.25, 0.3) is 0 Å². The molecule has 1 aliphatic heterocycles. The summed E-state index contributed by atoms with van der Waals surface area (Å²) in [6.45, 7) is 0. The smallest absolute Gasteiger partial charge is 0.343 e. The van der Waals surface area contributed by atoms with Crippen molar-refractivity contribution in [3.63, 3.8) is 0 Å². The zero-order valence-electron chi connectivity index (χ0n) is 14.9. The minimum atomic E-state index is -3.17. The number of hydrogen-bond donors (Lipinski definition) is 4. The molecule has 144 valence electrons. The Morgan fingerprint density at radius 2 is 1.78 bits per heavy atom. The second kappa shape index (κ2) is 7.52. The number of nitrogens with one attached hydrogen (secondary N) is 2. The maximum atomic E-state index is 12.2. The molecule has 0 radical (unpaired) electrons. The van der Waals surface area contributed by atoms with Crippen molar-refractivity contribution in [1.29, 1.82) is 0 Å². The molecule has 0 saturated heterocycles. The first-order chi connectivity index (χ1) is 13.0. The van der Waals surface area contributed by atoms with Crippen molar-refractivity contribution in [1.82, 2.24) is 4.72 Å². The van der Waals surface area contributed by atoms with Crippen LogP contribution in [0.15, 0.2) is 53.4 Å². The zero-order chi connectivity index (χ0) is 18.9. The SMILES string of the molecule is O=C(Oc1ccc2c(c1)S(O)(O)NC(C1CCCCC1)N2)c1ccccc1. The van der Waals surface area contributed by atoms with Gasteiger partial charge < -0.3 is 10.1 Å². The summed E-state index contributed by atoms with van der Waals surface area (Å²) in [5.74, 6) is 0.166. The van der Waals surface area contributed by atoms with Crippen molar-refractivity contribution in [3.8, 4) is 5.75 Å². The van der Waals surface area contributed by atoms with E-state index in [1.54, 1.807) is 36.4 Å². The zero-order valence-corrected chi connectivity index (χ0v) is 15.7. The van der Waals surface area contributed by atoms with Crippen molar-refractivity contribution < 1.29 is 18.6 Å². The molecule has 1 saturated carbocycles. The highest BCUT2D eigenvalue weighted by atomic mass is 32.3. The highest BCUT2D eigenvalue weighted by Crippen LogP contribution is 2.53. The summed E-state index contributed by atoms with van der Waals surface area (Å²) in [6.07, 6.45) is 5.56. The van der Waals surface area contributed by atoms with Gasteiger partial charge in [-0.3, -0.25) is 9.11 Å². The number of ether oxygens (including phenoxy) is 1. The minimum Gasteiger partial charge on any atom is -0.423 e. The van der Waals surface area contributed by atoms with Crippen LogP contribution in [0, 0.1) is 5.92 Å². The van der Waals surface area contributed by atoms with Gasteiger partial charge in [0.25, 0.3) is 0 Å². The second-order valence-corrected chi connectivity index (χ2v) is 8.87. The van der Waals surface area contributed by atoms with E-state index < -0.39 is 16.7 Å². The number of carbonyl (C=O) groups is 1. The van der Waals surface area contributed by atoms with Crippen LogP contribution in [0.5, 0.6) is 5.75 Å². The van der Waals surface area contributed by atoms with E-state index in [1.165, 1.54) is 25.3 Å². The Balaban J connectivity index is 1.54. The van der Waals surface area contributed by atoms with Crippen molar-refractivity contribution >= 4 is 22.4 Å². The summed E-state index contributed by atoms with van der Waals surface area (Å²) in [5, 5.41) is 3.38. The van der Waals surface area contributed by atoms with E-state index >= 15 is 0 Å². The van der Waals surface area contributed by atoms with Crippen molar-refractivity contribution in [3.05, 3.63) is 54.1 Å². The van der Waals surface area contributed by atoms with Crippen LogP contribution in [0.2, 0.25) is 0 Å². The number of rotatable bonds is 3. The van der Waals surface area contributed by atoms with E-state index in [0.29, 0.717) is 22.1 Å². The first-order valence-corrected chi connectivity index (χ1v) is 10.8. The van der Waals surface area contributed by atoms with E-state index in [2.05, 4.69) is 10.0 Å². The van der Waals surface area contributed by atoms with Crippen LogP contribution in [0.3, 0.4) is 0 Å². The molecular weight excluding hydrogens is 364 g/mol. The largest absolute Gasteiger partial charge is 0.423 e. The molecule has 0 aromatic heterocycles. The molecule has 1 atom stereocenters. The fraction of sp³-hybridized carbons (Fsp3) is 0.350. The highest BCUT2D eigenvalue weighted by Gasteiger charge is 2.35. The molecule has 4 rings (SSSR count). The van der Waals surface area contributed by atoms with Crippen LogP contribution in [0.4, 0.5) is 5.69 Å². The molecule has 2 aromatic carbocycles. The van der Waals surface area contributed by atoms with Gasteiger partial charge in [-0.1, -0.05) is 37.5 Å². The molecule has 0 bridgehead atoms. The Morgan fingerprint density at radius 1 is 1.04 bits per heavy atom. The summed E-state index contributed by atoms with van der Waals surface area (Å²) >= 11 is 0. The van der Waals surface area contributed by atoms with Crippen LogP contribution >= 0.6 is 10.8 Å². The Bertz CT molecular complexity index is 822. The predicted octanol–water partition coefficient (Wildman–Crippen LogP) is 4.85. The molecule has 0 amide bonds. The van der Waals surface area contributed by atoms with E-state index in [1.807, 2.05) is 6.07 Å². The molecule has 1 unspecified atom stereocenters. The van der Waals surface area contributed by atoms with Gasteiger partial charge in [0.1, 0.15) is 10.6 Å². The molecule has 2 aromatic rings. The summed E-state index contributed by atoms with van der Waals surface area (Å²) < 4.78 is 29.7. The third-order valence-electron chi connectivity index (χ3n) is 5.20. The molecule has 1 fully saturated rings. The molecule has 6 nitrogen and oxygen atoms in total. The fourth-order valence-corrected chi connectivity index (χ4v) is 5.23. The number of fused-ring (bicyclic) bond motifs is 1. The lowest BCUT2D eigenvalue weighted by Gasteiger charge is -2.46. The number of benzene rings is 2. The van der Waals surface area contributed by atoms with Crippen LogP contribution in [0.1, 0.15) is 42.5 Å². The summed E-state index contributed by atoms with van der Waals surface area (Å²) in [7, 11) is -3.17. The lowest BCUT2D eigenvalue weighted by Crippen LogP contribution is -2.47. The first kappa shape index (κ1) is 18.3. The monoisotopic (exact) mass is 388 g/mol. The minimum absolute atomic E-state index is 0.166. The third kappa shape index (κ3) is 3.96. The summed E-state index contributed by atoms with van der Waals surface area (Å²) in [5.41, 5.74) is 1.11. The van der Waals surface area contributed by atoms with Crippen molar-refractivity contribution in [2.45, 2.75) is 43.2 Å². The molecule has 27 heavy (non-hydrogen) atoms. The Kier molecular flexibility index (Phi) is 5.10. The quantitative estimate of drug-likeness (QED) is 0.444. The molecular formula is C20H24N2O4S. The van der Waals surface area contributed by atoms with Gasteiger partial charge in [0.2, 0.25) is 0 Å². The van der Waals surface area contributed by atoms with Crippen LogP contribution in [-0.4, -0.2) is 21.2 Å². The number of esters is 1. The molecule has 1 aliphatic carbocycles. The average molecular weight is 388 g/mol. The van der Waals surface area contributed by atoms with E-state index in [0.717, 1.165) is 12.8 Å². The highest BCUT2D eigenvalue weighted by molar-refractivity contribution is 8.22. The van der Waals surface area contributed by atoms with Gasteiger partial charge in [-0.2, -0.15) is 4.72 Å². The Morgan fingerprint density at radius 3 is 2.52 bits per heavy atom. The maximum Gasteiger partial charge on any atom is 0.343 e. The summed E-state index contributed by atoms with van der Waals surface area (Å²) in [4.78, 5) is 12.6. The number of anilines is 1. The Labute approximate surface area is 160 Å². The molecule has 1 heterocycles. The normalized spacial score (nSPS) is 23.0. The van der Waals surface area contributed by atoms with E-state index in [9.17, 15) is 13.9 Å². The van der Waals surface area contributed by atoms with Gasteiger partial charge in [0.15, 0.2) is 0 Å². The number of hydrogen-bond acceptors (Lipinski definition) is 6. The van der Waals surface area contributed by atoms with Crippen molar-refractivity contribution in [2.75, 3.05) is 5.32 Å². The number of carbonyl (C=O) groups excluding carboxylic acids is 1. The van der Waals surface area contributed by atoms with Gasteiger partial charge in [0, 0.05) is 6.07 Å². The third-order valence-corrected chi connectivity index (χ3v) is 6.74. The van der Waals surface area contributed by atoms with Gasteiger partial charge >= 0.3 is 5.97 Å². The standard InChI is InChI=1S/C20H24N2O4S/c23-20(15-9-5-2-6-10-15)26-16-11-12-17-18(13-16)27(24,25)22-19(21-17)14-7-3-1-4-8-14/h2,5-6,9-14,19,21-22,24-25H,1,3-4,7-8H2. The van der Waals surface area contributed by atoms with E-state index in [-0.39, 0.29) is 11.9 Å². The maximum absolute atomic E-state index is 12.2. The molecule has 4 N–H and O–H groups in total. The molecule has 0 spiro atoms. The molecule has 7 heteroatoms. The topological polar surface area (TPSA) is 90.8 Å². The van der Waals surface area contributed by atoms with Gasteiger partial charge in [0.05, 0.1) is 17.4 Å². The first-order valence-electron chi connectivity index (χ1n) is 9.26. The lowest BCUT2D eigenvalue weighted by molar-refractivity contribution is 0.0734. The fourth-order valence-electron chi connectivity index (χ4n) is 3.78. The van der Waals surface area contributed by atoms with Crippen LogP contribution < -0.4 is 14.8 Å². The average Bonchev–Trinajstić information content (AvgIpc) is 2.69. The summed E-state index contributed by atoms with van der Waals surface area (Å²) in [6, 6.07) is 13.6. The Hall–Kier alpha value is -2.06. The second-order valence-electron chi connectivity index (χ2n) is 7.10.